The van der Waals surface area contributed by atoms with Crippen molar-refractivity contribution in [3.05, 3.63) is 0 Å². The summed E-state index contributed by atoms with van der Waals surface area (Å²) in [6.45, 7) is 2.44. The van der Waals surface area contributed by atoms with Crippen LogP contribution in [0.15, 0.2) is 0 Å². The molecule has 0 amide bonds. The van der Waals surface area contributed by atoms with E-state index in [0.717, 1.165) is 6.92 Å². The zero-order chi connectivity index (χ0) is 11.4. The molecule has 0 fully saturated rings. The van der Waals surface area contributed by atoms with Crippen LogP contribution in [0.25, 0.3) is 0 Å². The summed E-state index contributed by atoms with van der Waals surface area (Å²) in [5.41, 5.74) is 0. The van der Waals surface area contributed by atoms with Gasteiger partial charge in [0, 0.05) is 13.8 Å². The fourth-order valence-electron chi connectivity index (χ4n) is 0. The standard InChI is InChI=1S/C3H6O2.C2H4O2.H2O3S/c1-3(4)5-2;1-2(3)4;1-4(2)3/h1-2H3;1H3,(H,3,4);(H2,1,2,3)/p-1. The molecule has 80 valence electrons. The molecule has 0 saturated heterocycles. The van der Waals surface area contributed by atoms with Crippen LogP contribution in [0.5, 0.6) is 0 Å². The Bertz CT molecular complexity index is 146. The van der Waals surface area contributed by atoms with Crippen LogP contribution in [-0.4, -0.2) is 37.5 Å². The summed E-state index contributed by atoms with van der Waals surface area (Å²) < 4.78 is 28.2. The van der Waals surface area contributed by atoms with Crippen LogP contribution in [0.4, 0.5) is 0 Å². The highest BCUT2D eigenvalue weighted by Crippen LogP contribution is 1.60. The predicted octanol–water partition coefficient (Wildman–Crippen LogP) is -0.391. The molecular formula is C5H11O7S-. The van der Waals surface area contributed by atoms with E-state index in [1.165, 1.54) is 14.0 Å². The summed E-state index contributed by atoms with van der Waals surface area (Å²) in [4.78, 5) is 18.6. The molecule has 0 spiro atoms. The Hall–Kier alpha value is -0.990. The quantitative estimate of drug-likeness (QED) is 0.416. The third kappa shape index (κ3) is 876. The topological polar surface area (TPSA) is 124 Å². The van der Waals surface area contributed by atoms with Crippen LogP contribution in [0.1, 0.15) is 13.8 Å². The Balaban J connectivity index is -0.000000117. The zero-order valence-corrected chi connectivity index (χ0v) is 8.16. The fourth-order valence-corrected chi connectivity index (χ4v) is 0. The van der Waals surface area contributed by atoms with Gasteiger partial charge in [-0.3, -0.25) is 9.59 Å². The van der Waals surface area contributed by atoms with Crippen molar-refractivity contribution in [2.45, 2.75) is 13.8 Å². The van der Waals surface area contributed by atoms with E-state index in [2.05, 4.69) is 4.74 Å². The highest BCUT2D eigenvalue weighted by atomic mass is 32.2. The second-order valence-electron chi connectivity index (χ2n) is 1.43. The van der Waals surface area contributed by atoms with Crippen molar-refractivity contribution in [1.82, 2.24) is 0 Å². The van der Waals surface area contributed by atoms with E-state index in [1.807, 2.05) is 0 Å². The monoisotopic (exact) mass is 215 g/mol. The molecule has 0 saturated carbocycles. The fraction of sp³-hybridized carbons (Fsp3) is 0.600. The van der Waals surface area contributed by atoms with Gasteiger partial charge < -0.3 is 18.9 Å². The van der Waals surface area contributed by atoms with Crippen molar-refractivity contribution in [3.8, 4) is 0 Å². The van der Waals surface area contributed by atoms with Crippen molar-refractivity contribution in [3.63, 3.8) is 0 Å². The van der Waals surface area contributed by atoms with Gasteiger partial charge in [0.15, 0.2) is 0 Å². The first-order valence-corrected chi connectivity index (χ1v) is 3.79. The number of carboxylic acids is 1. The smallest absolute Gasteiger partial charge is 0.302 e. The van der Waals surface area contributed by atoms with Gasteiger partial charge in [-0.1, -0.05) is 0 Å². The van der Waals surface area contributed by atoms with Gasteiger partial charge in [-0.25, -0.2) is 4.21 Å². The number of hydrogen-bond acceptors (Lipinski definition) is 5. The Morgan fingerprint density at radius 3 is 1.46 bits per heavy atom. The lowest BCUT2D eigenvalue weighted by atomic mass is 10.8. The molecule has 0 bridgehead atoms. The van der Waals surface area contributed by atoms with Gasteiger partial charge in [-0.05, 0) is 0 Å². The molecule has 0 aliphatic heterocycles. The highest BCUT2D eigenvalue weighted by molar-refractivity contribution is 7.73. The SMILES string of the molecule is CC(=O)O.COC(C)=O.O=S([O-])O. The molecule has 0 heterocycles. The number of esters is 1. The minimum atomic E-state index is -2.86. The number of aliphatic carboxylic acids is 1. The molecule has 0 aromatic heterocycles. The maximum absolute atomic E-state index is 9.59. The molecule has 0 aliphatic rings. The highest BCUT2D eigenvalue weighted by Gasteiger charge is 1.75. The maximum Gasteiger partial charge on any atom is 0.302 e. The predicted molar refractivity (Wildman–Crippen MR) is 42.5 cm³/mol. The lowest BCUT2D eigenvalue weighted by Gasteiger charge is -1.83. The maximum atomic E-state index is 9.59. The van der Waals surface area contributed by atoms with E-state index >= 15 is 0 Å². The Labute approximate surface area is 77.8 Å². The number of carboxylic acid groups (broad SMARTS) is 1. The van der Waals surface area contributed by atoms with Crippen LogP contribution in [0.2, 0.25) is 0 Å². The van der Waals surface area contributed by atoms with Crippen molar-refractivity contribution in [2.24, 2.45) is 0 Å². The first kappa shape index (κ1) is 17.9. The number of carbonyl (C=O) groups is 2. The molecule has 13 heavy (non-hydrogen) atoms. The van der Waals surface area contributed by atoms with E-state index < -0.39 is 17.3 Å². The van der Waals surface area contributed by atoms with Crippen molar-refractivity contribution < 1.29 is 32.7 Å². The average molecular weight is 215 g/mol. The van der Waals surface area contributed by atoms with Gasteiger partial charge in [-0.2, -0.15) is 0 Å². The van der Waals surface area contributed by atoms with E-state index in [1.54, 1.807) is 0 Å². The van der Waals surface area contributed by atoms with Crippen molar-refractivity contribution in [2.75, 3.05) is 7.11 Å². The van der Waals surface area contributed by atoms with Crippen LogP contribution >= 0.6 is 0 Å². The summed E-state index contributed by atoms with van der Waals surface area (Å²) in [6.07, 6.45) is 0. The molecule has 0 aliphatic carbocycles. The van der Waals surface area contributed by atoms with Gasteiger partial charge in [0.1, 0.15) is 0 Å². The summed E-state index contributed by atoms with van der Waals surface area (Å²) in [7, 11) is 1.35. The third-order valence-electron chi connectivity index (χ3n) is 0.287. The number of ether oxygens (including phenoxy) is 1. The number of rotatable bonds is 0. The molecule has 1 atom stereocenters. The number of methoxy groups -OCH3 is 1. The van der Waals surface area contributed by atoms with Crippen molar-refractivity contribution in [1.29, 1.82) is 0 Å². The van der Waals surface area contributed by atoms with Crippen molar-refractivity contribution >= 4 is 23.3 Å². The molecule has 8 heteroatoms. The lowest BCUT2D eigenvalue weighted by molar-refractivity contribution is -0.138. The molecule has 0 radical (unpaired) electrons. The minimum Gasteiger partial charge on any atom is -0.750 e. The van der Waals surface area contributed by atoms with Gasteiger partial charge in [-0.15, -0.1) is 0 Å². The molecule has 0 rings (SSSR count). The second kappa shape index (κ2) is 13.6. The summed E-state index contributed by atoms with van der Waals surface area (Å²) in [5.74, 6) is -1.08. The van der Waals surface area contributed by atoms with Gasteiger partial charge >= 0.3 is 5.97 Å². The van der Waals surface area contributed by atoms with Crippen LogP contribution < -0.4 is 0 Å². The Kier molecular flexibility index (Phi) is 18.7. The lowest BCUT2D eigenvalue weighted by Crippen LogP contribution is -1.88. The molecule has 7 nitrogen and oxygen atoms in total. The number of carbonyl (C=O) groups excluding carboxylic acids is 1. The molecule has 0 aromatic carbocycles. The second-order valence-corrected chi connectivity index (χ2v) is 1.87. The normalized spacial score (nSPS) is 9.31. The largest absolute Gasteiger partial charge is 0.750 e. The van der Waals surface area contributed by atoms with Gasteiger partial charge in [0.2, 0.25) is 0 Å². The van der Waals surface area contributed by atoms with E-state index in [0.29, 0.717) is 0 Å². The molecule has 1 unspecified atom stereocenters. The molecule has 2 N–H and O–H groups in total. The van der Waals surface area contributed by atoms with E-state index in [4.69, 9.17) is 23.2 Å². The average Bonchev–Trinajstić information content (AvgIpc) is 1.84. The molecule has 0 aromatic rings. The van der Waals surface area contributed by atoms with Crippen LogP contribution in [0.3, 0.4) is 0 Å². The van der Waals surface area contributed by atoms with Crippen LogP contribution in [-0.2, 0) is 25.7 Å². The number of hydrogen-bond donors (Lipinski definition) is 2. The van der Waals surface area contributed by atoms with Crippen LogP contribution in [0, 0.1) is 0 Å². The third-order valence-corrected chi connectivity index (χ3v) is 0.287. The minimum absolute atomic E-state index is 0.245. The first-order chi connectivity index (χ1) is 5.73. The Morgan fingerprint density at radius 2 is 1.46 bits per heavy atom. The Morgan fingerprint density at radius 1 is 1.38 bits per heavy atom. The van der Waals surface area contributed by atoms with Gasteiger partial charge in [0.05, 0.1) is 18.5 Å². The summed E-state index contributed by atoms with van der Waals surface area (Å²) >= 11 is -2.86. The van der Waals surface area contributed by atoms with E-state index in [-0.39, 0.29) is 5.97 Å². The summed E-state index contributed by atoms with van der Waals surface area (Å²) in [5, 5.41) is 7.42. The summed E-state index contributed by atoms with van der Waals surface area (Å²) in [6, 6.07) is 0. The van der Waals surface area contributed by atoms with E-state index in [9.17, 15) is 4.79 Å². The first-order valence-electron chi connectivity index (χ1n) is 2.76. The zero-order valence-electron chi connectivity index (χ0n) is 7.34. The van der Waals surface area contributed by atoms with Gasteiger partial charge in [0.25, 0.3) is 5.97 Å². The molecular weight excluding hydrogens is 204 g/mol.